The van der Waals surface area contributed by atoms with Gasteiger partial charge in [0, 0.05) is 45.8 Å². The van der Waals surface area contributed by atoms with E-state index in [1.54, 1.807) is 0 Å². The summed E-state index contributed by atoms with van der Waals surface area (Å²) in [6.45, 7) is 6.91. The van der Waals surface area contributed by atoms with E-state index in [4.69, 9.17) is 9.47 Å². The maximum atomic E-state index is 12.5. The smallest absolute Gasteiger partial charge is 0.277 e. The van der Waals surface area contributed by atoms with Crippen LogP contribution in [-0.4, -0.2) is 64.3 Å². The maximum absolute atomic E-state index is 12.5. The van der Waals surface area contributed by atoms with E-state index in [2.05, 4.69) is 32.2 Å². The van der Waals surface area contributed by atoms with Crippen molar-refractivity contribution in [2.24, 2.45) is 0 Å². The first-order valence-electron chi connectivity index (χ1n) is 10.4. The Kier molecular flexibility index (Phi) is 5.33. The van der Waals surface area contributed by atoms with Gasteiger partial charge >= 0.3 is 0 Å². The highest BCUT2D eigenvalue weighted by Gasteiger charge is 2.19. The summed E-state index contributed by atoms with van der Waals surface area (Å²) in [5.74, 6) is 1.68. The van der Waals surface area contributed by atoms with E-state index >= 15 is 0 Å². The Balaban J connectivity index is 1.09. The zero-order valence-electron chi connectivity index (χ0n) is 16.9. The summed E-state index contributed by atoms with van der Waals surface area (Å²) < 4.78 is 12.3. The number of aromatic nitrogens is 3. The quantitative estimate of drug-likeness (QED) is 0.616. The molecule has 30 heavy (non-hydrogen) atoms. The van der Waals surface area contributed by atoms with Gasteiger partial charge in [-0.05, 0) is 36.2 Å². The Morgan fingerprint density at radius 1 is 0.900 bits per heavy atom. The molecule has 0 amide bonds. The van der Waals surface area contributed by atoms with Crippen LogP contribution in [0.15, 0.2) is 47.3 Å². The van der Waals surface area contributed by atoms with Crippen molar-refractivity contribution < 1.29 is 9.47 Å². The molecule has 0 saturated carbocycles. The van der Waals surface area contributed by atoms with Crippen molar-refractivity contribution in [3.63, 3.8) is 0 Å². The average Bonchev–Trinajstić information content (AvgIpc) is 3.25. The normalized spacial score (nSPS) is 16.9. The van der Waals surface area contributed by atoms with Gasteiger partial charge in [-0.1, -0.05) is 23.4 Å². The van der Waals surface area contributed by atoms with Gasteiger partial charge < -0.3 is 14.4 Å². The van der Waals surface area contributed by atoms with Crippen molar-refractivity contribution in [3.8, 4) is 11.5 Å². The highest BCUT2D eigenvalue weighted by Crippen LogP contribution is 2.32. The van der Waals surface area contributed by atoms with Crippen LogP contribution in [0, 0.1) is 0 Å². The van der Waals surface area contributed by atoms with E-state index in [9.17, 15) is 4.79 Å². The Morgan fingerprint density at radius 3 is 2.60 bits per heavy atom. The van der Waals surface area contributed by atoms with Crippen LogP contribution in [0.2, 0.25) is 0 Å². The molecule has 0 radical (unpaired) electrons. The second kappa shape index (κ2) is 8.41. The number of hydrogen-bond donors (Lipinski definition) is 0. The van der Waals surface area contributed by atoms with Crippen LogP contribution < -0.4 is 15.0 Å². The Bertz CT molecular complexity index is 1090. The molecule has 5 rings (SSSR count). The molecule has 0 N–H and O–H groups in total. The molecule has 0 atom stereocenters. The average molecular weight is 407 g/mol. The van der Waals surface area contributed by atoms with E-state index in [0.717, 1.165) is 57.2 Å². The molecule has 156 valence electrons. The van der Waals surface area contributed by atoms with Crippen LogP contribution in [-0.2, 0) is 13.1 Å². The molecule has 8 nitrogen and oxygen atoms in total. The summed E-state index contributed by atoms with van der Waals surface area (Å²) in [6, 6.07) is 13.5. The molecule has 3 aromatic rings. The predicted octanol–water partition coefficient (Wildman–Crippen LogP) is 1.73. The zero-order chi connectivity index (χ0) is 20.3. The Morgan fingerprint density at radius 2 is 1.70 bits per heavy atom. The number of aryl methyl sites for hydroxylation is 1. The molecule has 0 unspecified atom stereocenters. The van der Waals surface area contributed by atoms with Crippen LogP contribution in [0.25, 0.3) is 10.9 Å². The zero-order valence-corrected chi connectivity index (χ0v) is 16.9. The minimum absolute atomic E-state index is 0.0610. The summed E-state index contributed by atoms with van der Waals surface area (Å²) in [5, 5.41) is 8.87. The lowest BCUT2D eigenvalue weighted by molar-refractivity contribution is 0.124. The molecule has 0 aliphatic carbocycles. The molecule has 2 aliphatic heterocycles. The van der Waals surface area contributed by atoms with Gasteiger partial charge in [0.2, 0.25) is 6.79 Å². The minimum Gasteiger partial charge on any atom is -0.454 e. The van der Waals surface area contributed by atoms with Crippen molar-refractivity contribution in [2.45, 2.75) is 19.5 Å². The van der Waals surface area contributed by atoms with E-state index in [0.29, 0.717) is 24.2 Å². The number of fused-ring (bicyclic) bond motifs is 2. The Labute approximate surface area is 174 Å². The van der Waals surface area contributed by atoms with E-state index in [-0.39, 0.29) is 5.56 Å². The summed E-state index contributed by atoms with van der Waals surface area (Å²) >= 11 is 0. The van der Waals surface area contributed by atoms with Gasteiger partial charge in [0.25, 0.3) is 5.56 Å². The standard InChI is InChI=1S/C22H25N5O3/c28-22-18-4-1-2-5-19(18)23-24-27(22)9-3-8-25-10-12-26(13-11-25)15-17-6-7-20-21(14-17)30-16-29-20/h1-2,4-7,14H,3,8-13,15-16H2. The fourth-order valence-corrected chi connectivity index (χ4v) is 4.08. The molecule has 0 spiro atoms. The van der Waals surface area contributed by atoms with E-state index < -0.39 is 0 Å². The molecule has 1 aromatic heterocycles. The fraction of sp³-hybridized carbons (Fsp3) is 0.409. The molecule has 8 heteroatoms. The highest BCUT2D eigenvalue weighted by atomic mass is 16.7. The third-order valence-corrected chi connectivity index (χ3v) is 5.78. The summed E-state index contributed by atoms with van der Waals surface area (Å²) in [4.78, 5) is 17.4. The number of piperazine rings is 1. The lowest BCUT2D eigenvalue weighted by Gasteiger charge is -2.34. The number of hydrogen-bond acceptors (Lipinski definition) is 7. The minimum atomic E-state index is -0.0610. The lowest BCUT2D eigenvalue weighted by Crippen LogP contribution is -2.46. The number of nitrogens with zero attached hydrogens (tertiary/aromatic N) is 5. The van der Waals surface area contributed by atoms with Crippen LogP contribution in [0.5, 0.6) is 11.5 Å². The van der Waals surface area contributed by atoms with Crippen molar-refractivity contribution >= 4 is 10.9 Å². The lowest BCUT2D eigenvalue weighted by atomic mass is 10.1. The van der Waals surface area contributed by atoms with Crippen molar-refractivity contribution in [1.82, 2.24) is 24.8 Å². The molecular formula is C22H25N5O3. The third kappa shape index (κ3) is 4.01. The topological polar surface area (TPSA) is 72.7 Å². The number of ether oxygens (including phenoxy) is 2. The maximum Gasteiger partial charge on any atom is 0.277 e. The first-order valence-corrected chi connectivity index (χ1v) is 10.4. The molecule has 2 aromatic carbocycles. The molecule has 1 fully saturated rings. The SMILES string of the molecule is O=c1c2ccccc2nnn1CCCN1CCN(Cc2ccc3c(c2)OCO3)CC1. The van der Waals surface area contributed by atoms with Crippen LogP contribution in [0.1, 0.15) is 12.0 Å². The summed E-state index contributed by atoms with van der Waals surface area (Å²) in [6.07, 6.45) is 0.884. The van der Waals surface area contributed by atoms with Gasteiger partial charge in [-0.25, -0.2) is 4.68 Å². The van der Waals surface area contributed by atoms with E-state index in [1.807, 2.05) is 30.3 Å². The van der Waals surface area contributed by atoms with E-state index in [1.165, 1.54) is 10.2 Å². The second-order valence-corrected chi connectivity index (χ2v) is 7.79. The van der Waals surface area contributed by atoms with Crippen molar-refractivity contribution in [2.75, 3.05) is 39.5 Å². The fourth-order valence-electron chi connectivity index (χ4n) is 4.08. The third-order valence-electron chi connectivity index (χ3n) is 5.78. The van der Waals surface area contributed by atoms with Gasteiger partial charge in [-0.2, -0.15) is 0 Å². The number of benzene rings is 2. The van der Waals surface area contributed by atoms with Gasteiger partial charge in [0.05, 0.1) is 5.39 Å². The largest absolute Gasteiger partial charge is 0.454 e. The molecule has 1 saturated heterocycles. The molecule has 3 heterocycles. The first-order chi connectivity index (χ1) is 14.8. The highest BCUT2D eigenvalue weighted by molar-refractivity contribution is 5.76. The van der Waals surface area contributed by atoms with Gasteiger partial charge in [-0.15, -0.1) is 5.10 Å². The van der Waals surface area contributed by atoms with Crippen LogP contribution in [0.4, 0.5) is 0 Å². The van der Waals surface area contributed by atoms with Crippen molar-refractivity contribution in [3.05, 3.63) is 58.4 Å². The first kappa shape index (κ1) is 19.0. The van der Waals surface area contributed by atoms with Gasteiger partial charge in [0.15, 0.2) is 11.5 Å². The monoisotopic (exact) mass is 407 g/mol. The molecule has 2 aliphatic rings. The van der Waals surface area contributed by atoms with Gasteiger partial charge in [0.1, 0.15) is 5.52 Å². The summed E-state index contributed by atoms with van der Waals surface area (Å²) in [7, 11) is 0. The molecule has 0 bridgehead atoms. The Hall–Kier alpha value is -2.97. The summed E-state index contributed by atoms with van der Waals surface area (Å²) in [5.41, 5.74) is 1.84. The van der Waals surface area contributed by atoms with Crippen LogP contribution in [0.3, 0.4) is 0 Å². The molecular weight excluding hydrogens is 382 g/mol. The number of rotatable bonds is 6. The van der Waals surface area contributed by atoms with Gasteiger partial charge in [-0.3, -0.25) is 9.69 Å². The second-order valence-electron chi connectivity index (χ2n) is 7.79. The van der Waals surface area contributed by atoms with Crippen LogP contribution >= 0.6 is 0 Å². The predicted molar refractivity (Wildman–Crippen MR) is 113 cm³/mol. The van der Waals surface area contributed by atoms with Crippen molar-refractivity contribution in [1.29, 1.82) is 0 Å².